The number of halogens is 4. The zero-order valence-electron chi connectivity index (χ0n) is 11.5. The van der Waals surface area contributed by atoms with Crippen molar-refractivity contribution in [3.63, 3.8) is 0 Å². The van der Waals surface area contributed by atoms with E-state index in [1.807, 2.05) is 11.9 Å². The summed E-state index contributed by atoms with van der Waals surface area (Å²) in [5, 5.41) is 3.33. The lowest BCUT2D eigenvalue weighted by Gasteiger charge is -2.27. The van der Waals surface area contributed by atoms with Crippen molar-refractivity contribution in [1.29, 1.82) is 0 Å². The monoisotopic (exact) mass is 308 g/mol. The second-order valence-electron chi connectivity index (χ2n) is 5.28. The Hall–Kier alpha value is -0.780. The van der Waals surface area contributed by atoms with E-state index in [1.54, 1.807) is 0 Å². The van der Waals surface area contributed by atoms with Crippen molar-refractivity contribution in [3.05, 3.63) is 35.1 Å². The Kier molecular flexibility index (Phi) is 6.79. The molecule has 0 spiro atoms. The van der Waals surface area contributed by atoms with Crippen LogP contribution in [0, 0.1) is 23.4 Å². The lowest BCUT2D eigenvalue weighted by Crippen LogP contribution is -2.36. The molecule has 2 nitrogen and oxygen atoms in total. The maximum absolute atomic E-state index is 13.1. The van der Waals surface area contributed by atoms with E-state index < -0.39 is 17.5 Å². The van der Waals surface area contributed by atoms with Crippen molar-refractivity contribution in [3.8, 4) is 0 Å². The van der Waals surface area contributed by atoms with Gasteiger partial charge in [0, 0.05) is 13.1 Å². The summed E-state index contributed by atoms with van der Waals surface area (Å²) in [6, 6.07) is 2.13. The fraction of sp³-hybridized carbons (Fsp3) is 0.571. The van der Waals surface area contributed by atoms with Gasteiger partial charge in [-0.05, 0) is 56.6 Å². The number of nitrogens with zero attached hydrogens (tertiary/aromatic N) is 1. The van der Waals surface area contributed by atoms with Gasteiger partial charge in [0.1, 0.15) is 0 Å². The van der Waals surface area contributed by atoms with Gasteiger partial charge in [0.2, 0.25) is 0 Å². The highest BCUT2D eigenvalue weighted by molar-refractivity contribution is 5.85. The van der Waals surface area contributed by atoms with Gasteiger partial charge in [0.05, 0.1) is 0 Å². The van der Waals surface area contributed by atoms with Crippen LogP contribution in [0.1, 0.15) is 18.4 Å². The van der Waals surface area contributed by atoms with Crippen LogP contribution in [0.3, 0.4) is 0 Å². The molecule has 1 atom stereocenters. The number of benzene rings is 1. The Labute approximate surface area is 123 Å². The summed E-state index contributed by atoms with van der Waals surface area (Å²) in [7, 11) is 1.91. The topological polar surface area (TPSA) is 15.3 Å². The average Bonchev–Trinajstić information content (AvgIpc) is 2.37. The summed E-state index contributed by atoms with van der Waals surface area (Å²) < 4.78 is 39.1. The van der Waals surface area contributed by atoms with Gasteiger partial charge in [-0.15, -0.1) is 12.4 Å². The van der Waals surface area contributed by atoms with Crippen molar-refractivity contribution in [2.45, 2.75) is 19.4 Å². The molecule has 1 heterocycles. The van der Waals surface area contributed by atoms with Crippen molar-refractivity contribution in [2.24, 2.45) is 5.92 Å². The molecule has 1 aromatic rings. The van der Waals surface area contributed by atoms with Crippen LogP contribution in [0.2, 0.25) is 0 Å². The van der Waals surface area contributed by atoms with Crippen molar-refractivity contribution >= 4 is 12.4 Å². The minimum absolute atomic E-state index is 0. The van der Waals surface area contributed by atoms with Gasteiger partial charge in [-0.3, -0.25) is 0 Å². The fourth-order valence-electron chi connectivity index (χ4n) is 2.60. The first-order valence-corrected chi connectivity index (χ1v) is 6.59. The molecule has 1 N–H and O–H groups in total. The molecule has 1 aromatic carbocycles. The van der Waals surface area contributed by atoms with Gasteiger partial charge in [-0.2, -0.15) is 0 Å². The summed E-state index contributed by atoms with van der Waals surface area (Å²) in [5.41, 5.74) is 0.461. The molecule has 2 rings (SSSR count). The van der Waals surface area contributed by atoms with Crippen LogP contribution in [0.25, 0.3) is 0 Å². The Bertz CT molecular complexity index is 413. The highest BCUT2D eigenvalue weighted by Crippen LogP contribution is 2.16. The van der Waals surface area contributed by atoms with E-state index in [9.17, 15) is 13.2 Å². The van der Waals surface area contributed by atoms with Crippen LogP contribution in [-0.2, 0) is 6.54 Å². The molecule has 1 saturated heterocycles. The van der Waals surface area contributed by atoms with Gasteiger partial charge in [0.15, 0.2) is 17.5 Å². The number of rotatable bonds is 4. The van der Waals surface area contributed by atoms with Crippen LogP contribution in [0.5, 0.6) is 0 Å². The quantitative estimate of drug-likeness (QED) is 0.860. The highest BCUT2D eigenvalue weighted by atomic mass is 35.5. The van der Waals surface area contributed by atoms with E-state index in [4.69, 9.17) is 0 Å². The van der Waals surface area contributed by atoms with E-state index in [-0.39, 0.29) is 12.4 Å². The zero-order chi connectivity index (χ0) is 13.8. The van der Waals surface area contributed by atoms with Crippen molar-refractivity contribution < 1.29 is 13.2 Å². The van der Waals surface area contributed by atoms with Crippen LogP contribution in [0.4, 0.5) is 13.2 Å². The number of hydrogen-bond donors (Lipinski definition) is 1. The Morgan fingerprint density at radius 1 is 1.25 bits per heavy atom. The van der Waals surface area contributed by atoms with Gasteiger partial charge in [-0.1, -0.05) is 0 Å². The standard InChI is InChI=1S/C14H19F3N2.ClH/c1-19(8-10-3-2-4-18-7-10)9-11-5-12(15)14(17)13(16)6-11;/h5-6,10,18H,2-4,7-9H2,1H3;1H. The third-order valence-electron chi connectivity index (χ3n) is 3.46. The molecule has 0 saturated carbocycles. The molecule has 0 bridgehead atoms. The number of piperidine rings is 1. The molecule has 1 aliphatic heterocycles. The largest absolute Gasteiger partial charge is 0.316 e. The third-order valence-corrected chi connectivity index (χ3v) is 3.46. The fourth-order valence-corrected chi connectivity index (χ4v) is 2.60. The maximum atomic E-state index is 13.1. The minimum atomic E-state index is -1.40. The van der Waals surface area contributed by atoms with Crippen LogP contribution >= 0.6 is 12.4 Å². The van der Waals surface area contributed by atoms with E-state index >= 15 is 0 Å². The molecule has 0 amide bonds. The Morgan fingerprint density at radius 2 is 1.90 bits per heavy atom. The number of hydrogen-bond acceptors (Lipinski definition) is 2. The van der Waals surface area contributed by atoms with Crippen LogP contribution in [-0.4, -0.2) is 31.6 Å². The average molecular weight is 309 g/mol. The summed E-state index contributed by atoms with van der Waals surface area (Å²) in [6.45, 7) is 3.34. The van der Waals surface area contributed by atoms with Gasteiger partial charge < -0.3 is 10.2 Å². The molecule has 1 fully saturated rings. The maximum Gasteiger partial charge on any atom is 0.194 e. The molecule has 1 unspecified atom stereocenters. The Balaban J connectivity index is 0.00000200. The Morgan fingerprint density at radius 3 is 2.45 bits per heavy atom. The first kappa shape index (κ1) is 17.3. The predicted molar refractivity (Wildman–Crippen MR) is 75.5 cm³/mol. The van der Waals surface area contributed by atoms with Gasteiger partial charge in [-0.25, -0.2) is 13.2 Å². The van der Waals surface area contributed by atoms with E-state index in [0.717, 1.165) is 38.2 Å². The van der Waals surface area contributed by atoms with Crippen molar-refractivity contribution in [1.82, 2.24) is 10.2 Å². The summed E-state index contributed by atoms with van der Waals surface area (Å²) in [5.74, 6) is -3.08. The molecule has 0 radical (unpaired) electrons. The zero-order valence-corrected chi connectivity index (χ0v) is 12.3. The van der Waals surface area contributed by atoms with E-state index in [2.05, 4.69) is 5.32 Å². The molecule has 1 aliphatic rings. The SMILES string of the molecule is CN(Cc1cc(F)c(F)c(F)c1)CC1CCCNC1.Cl. The van der Waals surface area contributed by atoms with Crippen LogP contribution in [0.15, 0.2) is 12.1 Å². The lowest BCUT2D eigenvalue weighted by atomic mass is 9.99. The second kappa shape index (κ2) is 7.86. The molecular weight excluding hydrogens is 289 g/mol. The summed E-state index contributed by atoms with van der Waals surface area (Å²) >= 11 is 0. The smallest absolute Gasteiger partial charge is 0.194 e. The molecule has 0 aliphatic carbocycles. The second-order valence-corrected chi connectivity index (χ2v) is 5.28. The van der Waals surface area contributed by atoms with Crippen molar-refractivity contribution in [2.75, 3.05) is 26.7 Å². The first-order valence-electron chi connectivity index (χ1n) is 6.59. The number of nitrogens with one attached hydrogen (secondary N) is 1. The molecule has 0 aromatic heterocycles. The molecule has 114 valence electrons. The first-order chi connectivity index (χ1) is 9.06. The van der Waals surface area contributed by atoms with E-state index in [1.165, 1.54) is 6.42 Å². The van der Waals surface area contributed by atoms with E-state index in [0.29, 0.717) is 18.0 Å². The predicted octanol–water partition coefficient (Wildman–Crippen LogP) is 2.96. The van der Waals surface area contributed by atoms with Crippen LogP contribution < -0.4 is 5.32 Å². The highest BCUT2D eigenvalue weighted by Gasteiger charge is 2.16. The van der Waals surface area contributed by atoms with Gasteiger partial charge >= 0.3 is 0 Å². The summed E-state index contributed by atoms with van der Waals surface area (Å²) in [4.78, 5) is 2.02. The molecule has 6 heteroatoms. The summed E-state index contributed by atoms with van der Waals surface area (Å²) in [6.07, 6.45) is 2.34. The normalized spacial score (nSPS) is 18.9. The van der Waals surface area contributed by atoms with Gasteiger partial charge in [0.25, 0.3) is 0 Å². The molecular formula is C14H20ClF3N2. The third kappa shape index (κ3) is 4.65. The molecule has 20 heavy (non-hydrogen) atoms. The minimum Gasteiger partial charge on any atom is -0.316 e. The lowest BCUT2D eigenvalue weighted by molar-refractivity contribution is 0.237.